The van der Waals surface area contributed by atoms with Crippen molar-refractivity contribution in [3.8, 4) is 11.1 Å². The highest BCUT2D eigenvalue weighted by molar-refractivity contribution is 5.83. The fourth-order valence-corrected chi connectivity index (χ4v) is 3.32. The molecule has 4 nitrogen and oxygen atoms in total. The lowest BCUT2D eigenvalue weighted by Crippen LogP contribution is -2.49. The van der Waals surface area contributed by atoms with Crippen LogP contribution in [0.5, 0.6) is 0 Å². The Morgan fingerprint density at radius 2 is 1.84 bits per heavy atom. The molecule has 3 rings (SSSR count). The van der Waals surface area contributed by atoms with Crippen LogP contribution in [0.4, 0.5) is 13.2 Å². The maximum atomic E-state index is 13.3. The van der Waals surface area contributed by atoms with E-state index in [9.17, 15) is 18.0 Å². The number of hydrogen-bond acceptors (Lipinski definition) is 3. The summed E-state index contributed by atoms with van der Waals surface area (Å²) < 4.78 is 44.8. The standard InChI is InChI=1S/C18H19F3N2O2/c19-18(20,21)17(8-1-2-9-17)16(24)22-10-7-13-3-5-14(6-4-13)15-11-23-25-12-15/h3-6,11-12H,1-2,7-10H2,(H,22,24). The van der Waals surface area contributed by atoms with Gasteiger partial charge in [-0.25, -0.2) is 0 Å². The van der Waals surface area contributed by atoms with Crippen molar-refractivity contribution in [2.75, 3.05) is 6.54 Å². The topological polar surface area (TPSA) is 55.1 Å². The molecule has 7 heteroatoms. The maximum absolute atomic E-state index is 13.3. The number of halogens is 3. The van der Waals surface area contributed by atoms with Crippen LogP contribution in [-0.2, 0) is 11.2 Å². The number of benzene rings is 1. The normalized spacial score (nSPS) is 16.8. The van der Waals surface area contributed by atoms with Crippen LogP contribution in [0.2, 0.25) is 0 Å². The summed E-state index contributed by atoms with van der Waals surface area (Å²) in [5.74, 6) is -0.890. The van der Waals surface area contributed by atoms with E-state index in [1.54, 1.807) is 6.20 Å². The molecule has 1 heterocycles. The molecule has 0 radical (unpaired) electrons. The molecular weight excluding hydrogens is 333 g/mol. The quantitative estimate of drug-likeness (QED) is 0.881. The molecule has 1 fully saturated rings. The number of nitrogens with zero attached hydrogens (tertiary/aromatic N) is 1. The van der Waals surface area contributed by atoms with Crippen molar-refractivity contribution in [3.63, 3.8) is 0 Å². The third-order valence-corrected chi connectivity index (χ3v) is 4.85. The number of aromatic nitrogens is 1. The second kappa shape index (κ2) is 6.90. The Hall–Kier alpha value is -2.31. The average molecular weight is 352 g/mol. The molecule has 1 saturated carbocycles. The Bertz CT molecular complexity index is 703. The van der Waals surface area contributed by atoms with E-state index in [0.717, 1.165) is 16.7 Å². The zero-order valence-corrected chi connectivity index (χ0v) is 13.6. The van der Waals surface area contributed by atoms with Gasteiger partial charge in [-0.15, -0.1) is 0 Å². The van der Waals surface area contributed by atoms with Gasteiger partial charge in [-0.3, -0.25) is 4.79 Å². The van der Waals surface area contributed by atoms with Crippen LogP contribution in [0.15, 0.2) is 41.2 Å². The predicted molar refractivity (Wildman–Crippen MR) is 85.6 cm³/mol. The van der Waals surface area contributed by atoms with Crippen LogP contribution in [-0.4, -0.2) is 23.8 Å². The third kappa shape index (κ3) is 3.55. The number of carbonyl (C=O) groups is 1. The van der Waals surface area contributed by atoms with Crippen LogP contribution in [0.25, 0.3) is 11.1 Å². The molecule has 1 aromatic heterocycles. The average Bonchev–Trinajstić information content (AvgIpc) is 3.27. The third-order valence-electron chi connectivity index (χ3n) is 4.85. The summed E-state index contributed by atoms with van der Waals surface area (Å²) in [6.07, 6.45) is -0.224. The molecule has 0 bridgehead atoms. The SMILES string of the molecule is O=C(NCCc1ccc(-c2cnoc2)cc1)C1(C(F)(F)F)CCCC1. The van der Waals surface area contributed by atoms with Crippen molar-refractivity contribution in [1.29, 1.82) is 0 Å². The molecular formula is C18H19F3N2O2. The Morgan fingerprint density at radius 3 is 2.40 bits per heavy atom. The van der Waals surface area contributed by atoms with Crippen molar-refractivity contribution in [3.05, 3.63) is 42.3 Å². The number of hydrogen-bond donors (Lipinski definition) is 1. The molecule has 0 spiro atoms. The first kappa shape index (κ1) is 17.5. The molecule has 25 heavy (non-hydrogen) atoms. The first-order valence-corrected chi connectivity index (χ1v) is 8.26. The minimum absolute atomic E-state index is 0.115. The second-order valence-electron chi connectivity index (χ2n) is 6.40. The van der Waals surface area contributed by atoms with Gasteiger partial charge in [0.15, 0.2) is 0 Å². The van der Waals surface area contributed by atoms with Gasteiger partial charge in [-0.1, -0.05) is 42.3 Å². The summed E-state index contributed by atoms with van der Waals surface area (Å²) in [7, 11) is 0. The fraction of sp³-hybridized carbons (Fsp3) is 0.444. The van der Waals surface area contributed by atoms with E-state index in [1.807, 2.05) is 24.3 Å². The summed E-state index contributed by atoms with van der Waals surface area (Å²) in [5.41, 5.74) is 0.530. The first-order valence-electron chi connectivity index (χ1n) is 8.26. The molecule has 1 aliphatic carbocycles. The van der Waals surface area contributed by atoms with E-state index in [2.05, 4.69) is 10.5 Å². The number of nitrogens with one attached hydrogen (secondary N) is 1. The lowest BCUT2D eigenvalue weighted by molar-refractivity contribution is -0.220. The smallest absolute Gasteiger partial charge is 0.364 e. The fourth-order valence-electron chi connectivity index (χ4n) is 3.32. The van der Waals surface area contributed by atoms with Gasteiger partial charge in [0.2, 0.25) is 5.91 Å². The van der Waals surface area contributed by atoms with Gasteiger partial charge in [0.05, 0.1) is 6.20 Å². The van der Waals surface area contributed by atoms with Crippen LogP contribution in [0.3, 0.4) is 0 Å². The highest BCUT2D eigenvalue weighted by Crippen LogP contribution is 2.50. The van der Waals surface area contributed by atoms with Crippen LogP contribution >= 0.6 is 0 Å². The molecule has 0 saturated heterocycles. The zero-order valence-electron chi connectivity index (χ0n) is 13.6. The number of alkyl halides is 3. The largest absolute Gasteiger partial charge is 0.403 e. The molecule has 1 N–H and O–H groups in total. The molecule has 134 valence electrons. The van der Waals surface area contributed by atoms with Crippen LogP contribution in [0, 0.1) is 5.41 Å². The van der Waals surface area contributed by atoms with Crippen LogP contribution in [0.1, 0.15) is 31.2 Å². The lowest BCUT2D eigenvalue weighted by atomic mass is 9.84. The summed E-state index contributed by atoms with van der Waals surface area (Å²) in [6.45, 7) is 0.184. The van der Waals surface area contributed by atoms with Crippen molar-refractivity contribution >= 4 is 5.91 Å². The predicted octanol–water partition coefficient (Wildman–Crippen LogP) is 4.12. The van der Waals surface area contributed by atoms with Crippen molar-refractivity contribution < 1.29 is 22.5 Å². The van der Waals surface area contributed by atoms with E-state index in [0.29, 0.717) is 19.3 Å². The second-order valence-corrected chi connectivity index (χ2v) is 6.40. The highest BCUT2D eigenvalue weighted by atomic mass is 19.4. The van der Waals surface area contributed by atoms with E-state index in [-0.39, 0.29) is 19.4 Å². The Morgan fingerprint density at radius 1 is 1.16 bits per heavy atom. The van der Waals surface area contributed by atoms with Gasteiger partial charge in [0.1, 0.15) is 11.7 Å². The number of amides is 1. The Balaban J connectivity index is 1.56. The maximum Gasteiger partial charge on any atom is 0.403 e. The van der Waals surface area contributed by atoms with E-state index >= 15 is 0 Å². The number of rotatable bonds is 5. The minimum atomic E-state index is -4.49. The molecule has 1 amide bonds. The highest BCUT2D eigenvalue weighted by Gasteiger charge is 2.60. The zero-order chi connectivity index (χ0) is 17.9. The summed E-state index contributed by atoms with van der Waals surface area (Å²) >= 11 is 0. The van der Waals surface area contributed by atoms with Crippen molar-refractivity contribution in [2.24, 2.45) is 5.41 Å². The molecule has 2 aromatic rings. The molecule has 0 atom stereocenters. The molecule has 1 aliphatic rings. The molecule has 1 aromatic carbocycles. The Labute approximate surface area is 143 Å². The van der Waals surface area contributed by atoms with Gasteiger partial charge in [0, 0.05) is 12.1 Å². The van der Waals surface area contributed by atoms with Gasteiger partial charge in [-0.2, -0.15) is 13.2 Å². The van der Waals surface area contributed by atoms with Gasteiger partial charge >= 0.3 is 6.18 Å². The summed E-state index contributed by atoms with van der Waals surface area (Å²) in [4.78, 5) is 12.2. The van der Waals surface area contributed by atoms with E-state index < -0.39 is 17.5 Å². The molecule has 0 aliphatic heterocycles. The van der Waals surface area contributed by atoms with E-state index in [1.165, 1.54) is 6.26 Å². The van der Waals surface area contributed by atoms with Crippen LogP contribution < -0.4 is 5.32 Å². The van der Waals surface area contributed by atoms with E-state index in [4.69, 9.17) is 4.52 Å². The molecule has 0 unspecified atom stereocenters. The minimum Gasteiger partial charge on any atom is -0.364 e. The van der Waals surface area contributed by atoms with Gasteiger partial charge in [0.25, 0.3) is 0 Å². The first-order chi connectivity index (χ1) is 11.9. The number of carbonyl (C=O) groups excluding carboxylic acids is 1. The monoisotopic (exact) mass is 352 g/mol. The van der Waals surface area contributed by atoms with Crippen molar-refractivity contribution in [2.45, 2.75) is 38.3 Å². The summed E-state index contributed by atoms with van der Waals surface area (Å²) in [5, 5.41) is 6.12. The summed E-state index contributed by atoms with van der Waals surface area (Å²) in [6, 6.07) is 7.53. The lowest BCUT2D eigenvalue weighted by Gasteiger charge is -2.30. The van der Waals surface area contributed by atoms with Gasteiger partial charge in [-0.05, 0) is 30.4 Å². The van der Waals surface area contributed by atoms with Gasteiger partial charge < -0.3 is 9.84 Å². The Kier molecular flexibility index (Phi) is 4.83. The van der Waals surface area contributed by atoms with Crippen molar-refractivity contribution in [1.82, 2.24) is 10.5 Å².